The van der Waals surface area contributed by atoms with E-state index >= 15 is 0 Å². The molecular weight excluding hydrogens is 174 g/mol. The minimum absolute atomic E-state index is 0.717. The van der Waals surface area contributed by atoms with E-state index in [-0.39, 0.29) is 0 Å². The van der Waals surface area contributed by atoms with Gasteiger partial charge in [0.15, 0.2) is 12.4 Å². The molecule has 2 nitrogen and oxygen atoms in total. The zero-order valence-corrected chi connectivity index (χ0v) is 7.63. The van der Waals surface area contributed by atoms with Crippen LogP contribution in [0.1, 0.15) is 18.4 Å². The quantitative estimate of drug-likeness (QED) is 0.305. The number of hydrogen-bond acceptors (Lipinski definition) is 1. The molecule has 0 fully saturated rings. The number of aromatic nitrogens is 1. The van der Waals surface area contributed by atoms with Gasteiger partial charge in [0, 0.05) is 18.0 Å². The van der Waals surface area contributed by atoms with Crippen LogP contribution in [0, 0.1) is 5.21 Å². The molecule has 1 aromatic heterocycles. The average Bonchev–Trinajstić information content (AvgIpc) is 2.09. The fourth-order valence-electron chi connectivity index (χ4n) is 1.03. The summed E-state index contributed by atoms with van der Waals surface area (Å²) in [5.74, 6) is 0.717. The normalized spacial score (nSPS) is 10.1. The molecule has 12 heavy (non-hydrogen) atoms. The monoisotopic (exact) mass is 185 g/mol. The number of hydrogen-bond donors (Lipinski definition) is 0. The summed E-state index contributed by atoms with van der Waals surface area (Å²) in [6, 6.07) is 3.70. The molecule has 1 aromatic rings. The van der Waals surface area contributed by atoms with Gasteiger partial charge in [0.2, 0.25) is 0 Å². The van der Waals surface area contributed by atoms with Crippen LogP contribution in [0.5, 0.6) is 0 Å². The van der Waals surface area contributed by atoms with Crippen LogP contribution in [0.15, 0.2) is 24.5 Å². The fraction of sp³-hybridized carbons (Fsp3) is 0.444. The number of alkyl halides is 1. The maximum atomic E-state index is 10.6. The van der Waals surface area contributed by atoms with Gasteiger partial charge in [0.25, 0.3) is 0 Å². The highest BCUT2D eigenvalue weighted by atomic mass is 35.5. The Hall–Kier alpha value is -0.760. The van der Waals surface area contributed by atoms with E-state index < -0.39 is 0 Å². The maximum absolute atomic E-state index is 10.6. The topological polar surface area (TPSA) is 26.9 Å². The predicted octanol–water partition coefficient (Wildman–Crippen LogP) is 1.88. The first-order chi connectivity index (χ1) is 5.83. The Balaban J connectivity index is 2.37. The minimum Gasteiger partial charge on any atom is -0.619 e. The van der Waals surface area contributed by atoms with Gasteiger partial charge < -0.3 is 5.21 Å². The SMILES string of the molecule is [O-][n+]1ccc(CCCCCl)cc1. The number of nitrogens with zero attached hydrogens (tertiary/aromatic N) is 1. The molecule has 0 radical (unpaired) electrons. The lowest BCUT2D eigenvalue weighted by atomic mass is 10.1. The van der Waals surface area contributed by atoms with Gasteiger partial charge in [0.05, 0.1) is 0 Å². The molecule has 3 heteroatoms. The number of halogens is 1. The Bertz CT molecular complexity index is 222. The standard InChI is InChI=1S/C9H12ClNO/c10-6-2-1-3-9-4-7-11(12)8-5-9/h4-5,7-8H,1-3,6H2. The van der Waals surface area contributed by atoms with Crippen LogP contribution in [0.25, 0.3) is 0 Å². The maximum Gasteiger partial charge on any atom is 0.180 e. The van der Waals surface area contributed by atoms with Crippen LogP contribution in [0.3, 0.4) is 0 Å². The van der Waals surface area contributed by atoms with E-state index in [2.05, 4.69) is 0 Å². The van der Waals surface area contributed by atoms with E-state index in [1.54, 1.807) is 0 Å². The second-order valence-electron chi connectivity index (χ2n) is 2.71. The van der Waals surface area contributed by atoms with E-state index in [9.17, 15) is 5.21 Å². The molecule has 1 rings (SSSR count). The Morgan fingerprint density at radius 1 is 1.25 bits per heavy atom. The molecule has 0 atom stereocenters. The van der Waals surface area contributed by atoms with Gasteiger partial charge in [-0.15, -0.1) is 11.6 Å². The third kappa shape index (κ3) is 3.09. The van der Waals surface area contributed by atoms with E-state index in [4.69, 9.17) is 11.6 Å². The summed E-state index contributed by atoms with van der Waals surface area (Å²) in [5, 5.41) is 10.6. The van der Waals surface area contributed by atoms with Gasteiger partial charge >= 0.3 is 0 Å². The van der Waals surface area contributed by atoms with Crippen molar-refractivity contribution in [1.29, 1.82) is 0 Å². The molecule has 0 bridgehead atoms. The van der Waals surface area contributed by atoms with Crippen molar-refractivity contribution in [2.24, 2.45) is 0 Å². The summed E-state index contributed by atoms with van der Waals surface area (Å²) in [6.07, 6.45) is 6.18. The van der Waals surface area contributed by atoms with Crippen molar-refractivity contribution in [2.75, 3.05) is 5.88 Å². The molecule has 0 aliphatic carbocycles. The third-order valence-corrected chi connectivity index (χ3v) is 1.99. The lowest BCUT2D eigenvalue weighted by Crippen LogP contribution is -2.23. The van der Waals surface area contributed by atoms with Gasteiger partial charge in [-0.25, -0.2) is 0 Å². The fourth-order valence-corrected chi connectivity index (χ4v) is 1.22. The molecule has 0 amide bonds. The minimum atomic E-state index is 0.717. The Morgan fingerprint density at radius 3 is 2.50 bits per heavy atom. The summed E-state index contributed by atoms with van der Waals surface area (Å²) in [4.78, 5) is 0. The van der Waals surface area contributed by atoms with Crippen molar-refractivity contribution >= 4 is 11.6 Å². The van der Waals surface area contributed by atoms with Crippen LogP contribution < -0.4 is 4.73 Å². The molecular formula is C9H12ClNO. The summed E-state index contributed by atoms with van der Waals surface area (Å²) in [7, 11) is 0. The molecule has 1 heterocycles. The third-order valence-electron chi connectivity index (χ3n) is 1.72. The number of rotatable bonds is 4. The lowest BCUT2D eigenvalue weighted by Gasteiger charge is -1.99. The summed E-state index contributed by atoms with van der Waals surface area (Å²) < 4.78 is 0.797. The lowest BCUT2D eigenvalue weighted by molar-refractivity contribution is -0.605. The van der Waals surface area contributed by atoms with E-state index in [1.165, 1.54) is 18.0 Å². The van der Waals surface area contributed by atoms with Gasteiger partial charge in [-0.3, -0.25) is 0 Å². The summed E-state index contributed by atoms with van der Waals surface area (Å²) >= 11 is 5.54. The van der Waals surface area contributed by atoms with E-state index in [0.717, 1.165) is 24.0 Å². The first-order valence-electron chi connectivity index (χ1n) is 4.06. The van der Waals surface area contributed by atoms with E-state index in [0.29, 0.717) is 5.88 Å². The van der Waals surface area contributed by atoms with E-state index in [1.807, 2.05) is 12.1 Å². The summed E-state index contributed by atoms with van der Waals surface area (Å²) in [5.41, 5.74) is 1.20. The molecule has 0 saturated carbocycles. The van der Waals surface area contributed by atoms with Crippen molar-refractivity contribution in [3.8, 4) is 0 Å². The highest BCUT2D eigenvalue weighted by Gasteiger charge is 1.94. The molecule has 0 aliphatic heterocycles. The van der Waals surface area contributed by atoms with Gasteiger partial charge in [-0.1, -0.05) is 0 Å². The van der Waals surface area contributed by atoms with Gasteiger partial charge in [0.1, 0.15) is 0 Å². The number of pyridine rings is 1. The van der Waals surface area contributed by atoms with Crippen molar-refractivity contribution in [1.82, 2.24) is 0 Å². The molecule has 0 unspecified atom stereocenters. The van der Waals surface area contributed by atoms with Gasteiger partial charge in [-0.05, 0) is 24.8 Å². The van der Waals surface area contributed by atoms with Crippen LogP contribution >= 0.6 is 11.6 Å². The molecule has 0 aliphatic rings. The number of unbranched alkanes of at least 4 members (excludes halogenated alkanes) is 1. The highest BCUT2D eigenvalue weighted by molar-refractivity contribution is 6.17. The molecule has 0 saturated heterocycles. The Morgan fingerprint density at radius 2 is 1.92 bits per heavy atom. The average molecular weight is 186 g/mol. The molecule has 0 aromatic carbocycles. The largest absolute Gasteiger partial charge is 0.619 e. The van der Waals surface area contributed by atoms with Crippen molar-refractivity contribution < 1.29 is 4.73 Å². The molecule has 66 valence electrons. The van der Waals surface area contributed by atoms with Crippen molar-refractivity contribution in [3.05, 3.63) is 35.3 Å². The van der Waals surface area contributed by atoms with Crippen LogP contribution in [-0.2, 0) is 6.42 Å². The molecule has 0 N–H and O–H groups in total. The smallest absolute Gasteiger partial charge is 0.180 e. The zero-order chi connectivity index (χ0) is 8.81. The first kappa shape index (κ1) is 9.33. The van der Waals surface area contributed by atoms with Crippen LogP contribution in [-0.4, -0.2) is 5.88 Å². The van der Waals surface area contributed by atoms with Crippen LogP contribution in [0.4, 0.5) is 0 Å². The second-order valence-corrected chi connectivity index (χ2v) is 3.09. The first-order valence-corrected chi connectivity index (χ1v) is 4.60. The summed E-state index contributed by atoms with van der Waals surface area (Å²) in [6.45, 7) is 0. The number of aryl methyl sites for hydroxylation is 1. The van der Waals surface area contributed by atoms with Crippen molar-refractivity contribution in [2.45, 2.75) is 19.3 Å². The predicted molar refractivity (Wildman–Crippen MR) is 49.1 cm³/mol. The van der Waals surface area contributed by atoms with Gasteiger partial charge in [-0.2, -0.15) is 4.73 Å². The Labute approximate surface area is 77.4 Å². The Kier molecular flexibility index (Phi) is 3.88. The molecule has 0 spiro atoms. The second kappa shape index (κ2) is 4.99. The zero-order valence-electron chi connectivity index (χ0n) is 6.87. The van der Waals surface area contributed by atoms with Crippen LogP contribution in [0.2, 0.25) is 0 Å². The van der Waals surface area contributed by atoms with Crippen molar-refractivity contribution in [3.63, 3.8) is 0 Å². The highest BCUT2D eigenvalue weighted by Crippen LogP contribution is 2.02.